The molecule has 2 rings (SSSR count). The van der Waals surface area contributed by atoms with Crippen molar-refractivity contribution in [1.29, 1.82) is 0 Å². The summed E-state index contributed by atoms with van der Waals surface area (Å²) in [7, 11) is 0. The zero-order valence-corrected chi connectivity index (χ0v) is 13.9. The SMILES string of the molecule is C[C@H](CCc1ccccc1)NC(=O)/C=C/c1cccc(C(F)(F)F)c1. The molecule has 0 aliphatic rings. The number of hydrogen-bond donors (Lipinski definition) is 1. The van der Waals surface area contributed by atoms with Gasteiger partial charge in [0.05, 0.1) is 5.56 Å². The van der Waals surface area contributed by atoms with Crippen LogP contribution in [-0.2, 0) is 17.4 Å². The molecular weight excluding hydrogens is 327 g/mol. The highest BCUT2D eigenvalue weighted by molar-refractivity contribution is 5.91. The first-order chi connectivity index (χ1) is 11.8. The molecule has 1 amide bonds. The number of carbonyl (C=O) groups excluding carboxylic acids is 1. The Labute approximate surface area is 145 Å². The number of amides is 1. The van der Waals surface area contributed by atoms with Crippen LogP contribution in [0.5, 0.6) is 0 Å². The quantitative estimate of drug-likeness (QED) is 0.743. The van der Waals surface area contributed by atoms with Gasteiger partial charge in [-0.15, -0.1) is 0 Å². The van der Waals surface area contributed by atoms with Gasteiger partial charge in [0, 0.05) is 12.1 Å². The first kappa shape index (κ1) is 18.8. The molecule has 0 fully saturated rings. The van der Waals surface area contributed by atoms with Crippen molar-refractivity contribution in [1.82, 2.24) is 5.32 Å². The van der Waals surface area contributed by atoms with Crippen LogP contribution >= 0.6 is 0 Å². The van der Waals surface area contributed by atoms with Gasteiger partial charge >= 0.3 is 6.18 Å². The maximum absolute atomic E-state index is 12.7. The molecule has 2 nitrogen and oxygen atoms in total. The monoisotopic (exact) mass is 347 g/mol. The van der Waals surface area contributed by atoms with Gasteiger partial charge in [-0.05, 0) is 49.1 Å². The average molecular weight is 347 g/mol. The third-order valence-corrected chi connectivity index (χ3v) is 3.74. The number of hydrogen-bond acceptors (Lipinski definition) is 1. The molecule has 0 aromatic heterocycles. The average Bonchev–Trinajstić information content (AvgIpc) is 2.59. The molecule has 0 heterocycles. The van der Waals surface area contributed by atoms with Crippen molar-refractivity contribution in [3.63, 3.8) is 0 Å². The van der Waals surface area contributed by atoms with E-state index in [4.69, 9.17) is 0 Å². The van der Waals surface area contributed by atoms with E-state index in [9.17, 15) is 18.0 Å². The summed E-state index contributed by atoms with van der Waals surface area (Å²) >= 11 is 0. The van der Waals surface area contributed by atoms with Gasteiger partial charge in [-0.25, -0.2) is 0 Å². The minimum Gasteiger partial charge on any atom is -0.350 e. The molecule has 5 heteroatoms. The molecule has 0 unspecified atom stereocenters. The number of benzene rings is 2. The van der Waals surface area contributed by atoms with Crippen LogP contribution in [0.2, 0.25) is 0 Å². The highest BCUT2D eigenvalue weighted by atomic mass is 19.4. The third-order valence-electron chi connectivity index (χ3n) is 3.74. The predicted octanol–water partition coefficient (Wildman–Crippen LogP) is 4.86. The van der Waals surface area contributed by atoms with E-state index in [1.54, 1.807) is 0 Å². The second-order valence-corrected chi connectivity index (χ2v) is 5.89. The number of nitrogens with one attached hydrogen (secondary N) is 1. The van der Waals surface area contributed by atoms with Gasteiger partial charge in [0.2, 0.25) is 5.91 Å². The van der Waals surface area contributed by atoms with E-state index in [-0.39, 0.29) is 11.9 Å². The summed E-state index contributed by atoms with van der Waals surface area (Å²) in [5.74, 6) is -0.321. The Hall–Kier alpha value is -2.56. The first-order valence-corrected chi connectivity index (χ1v) is 8.04. The molecule has 0 saturated heterocycles. The van der Waals surface area contributed by atoms with Crippen LogP contribution in [0.3, 0.4) is 0 Å². The van der Waals surface area contributed by atoms with E-state index in [2.05, 4.69) is 5.32 Å². The molecule has 25 heavy (non-hydrogen) atoms. The zero-order chi connectivity index (χ0) is 18.3. The predicted molar refractivity (Wildman–Crippen MR) is 92.8 cm³/mol. The van der Waals surface area contributed by atoms with E-state index in [0.717, 1.165) is 25.0 Å². The minimum absolute atomic E-state index is 0.0288. The molecule has 2 aromatic rings. The fraction of sp³-hybridized carbons (Fsp3) is 0.250. The lowest BCUT2D eigenvalue weighted by atomic mass is 10.1. The first-order valence-electron chi connectivity index (χ1n) is 8.04. The molecule has 0 aliphatic heterocycles. The largest absolute Gasteiger partial charge is 0.416 e. The van der Waals surface area contributed by atoms with Crippen molar-refractivity contribution < 1.29 is 18.0 Å². The van der Waals surface area contributed by atoms with Crippen LogP contribution in [0.15, 0.2) is 60.7 Å². The van der Waals surface area contributed by atoms with E-state index in [1.165, 1.54) is 29.8 Å². The van der Waals surface area contributed by atoms with Crippen LogP contribution in [0, 0.1) is 0 Å². The number of rotatable bonds is 6. The number of aryl methyl sites for hydroxylation is 1. The Morgan fingerprint density at radius 1 is 1.12 bits per heavy atom. The van der Waals surface area contributed by atoms with Gasteiger partial charge < -0.3 is 5.32 Å². The second kappa shape index (κ2) is 8.51. The molecule has 2 aromatic carbocycles. The van der Waals surface area contributed by atoms with E-state index >= 15 is 0 Å². The van der Waals surface area contributed by atoms with Crippen LogP contribution in [0.1, 0.15) is 30.0 Å². The highest BCUT2D eigenvalue weighted by Gasteiger charge is 2.30. The summed E-state index contributed by atoms with van der Waals surface area (Å²) in [6.45, 7) is 1.90. The maximum Gasteiger partial charge on any atom is 0.416 e. The van der Waals surface area contributed by atoms with E-state index < -0.39 is 11.7 Å². The normalized spacial score (nSPS) is 13.0. The molecule has 0 spiro atoms. The molecule has 0 aliphatic carbocycles. The lowest BCUT2D eigenvalue weighted by Gasteiger charge is -2.12. The Balaban J connectivity index is 1.86. The molecular formula is C20H20F3NO. The Kier molecular flexibility index (Phi) is 6.39. The fourth-order valence-electron chi connectivity index (χ4n) is 2.38. The van der Waals surface area contributed by atoms with Crippen LogP contribution < -0.4 is 5.32 Å². The summed E-state index contributed by atoms with van der Waals surface area (Å²) in [6.07, 6.45) is -0.117. The molecule has 0 radical (unpaired) electrons. The smallest absolute Gasteiger partial charge is 0.350 e. The summed E-state index contributed by atoms with van der Waals surface area (Å²) in [6, 6.07) is 14.8. The van der Waals surface area contributed by atoms with Crippen molar-refractivity contribution in [3.8, 4) is 0 Å². The Bertz CT molecular complexity index is 723. The van der Waals surface area contributed by atoms with Crippen molar-refractivity contribution in [3.05, 3.63) is 77.4 Å². The van der Waals surface area contributed by atoms with Crippen molar-refractivity contribution >= 4 is 12.0 Å². The number of alkyl halides is 3. The number of carbonyl (C=O) groups is 1. The molecule has 132 valence electrons. The van der Waals surface area contributed by atoms with Crippen molar-refractivity contribution in [2.45, 2.75) is 32.0 Å². The molecule has 1 atom stereocenters. The fourth-order valence-corrected chi connectivity index (χ4v) is 2.38. The van der Waals surface area contributed by atoms with Crippen LogP contribution in [-0.4, -0.2) is 11.9 Å². The zero-order valence-electron chi connectivity index (χ0n) is 13.9. The van der Waals surface area contributed by atoms with Crippen LogP contribution in [0.25, 0.3) is 6.08 Å². The van der Waals surface area contributed by atoms with Crippen molar-refractivity contribution in [2.75, 3.05) is 0 Å². The maximum atomic E-state index is 12.7. The topological polar surface area (TPSA) is 29.1 Å². The minimum atomic E-state index is -4.39. The van der Waals surface area contributed by atoms with Gasteiger partial charge in [-0.3, -0.25) is 4.79 Å². The highest BCUT2D eigenvalue weighted by Crippen LogP contribution is 2.29. The standard InChI is InChI=1S/C20H20F3NO/c1-15(10-11-16-6-3-2-4-7-16)24-19(25)13-12-17-8-5-9-18(14-17)20(21,22)23/h2-9,12-15H,10-11H2,1H3,(H,24,25)/b13-12+/t15-/m1/s1. The third kappa shape index (κ3) is 6.45. The van der Waals surface area contributed by atoms with Crippen molar-refractivity contribution in [2.24, 2.45) is 0 Å². The van der Waals surface area contributed by atoms with Gasteiger partial charge in [0.15, 0.2) is 0 Å². The summed E-state index contributed by atoms with van der Waals surface area (Å²) in [5, 5.41) is 2.82. The Morgan fingerprint density at radius 2 is 1.84 bits per heavy atom. The van der Waals surface area contributed by atoms with Gasteiger partial charge in [0.1, 0.15) is 0 Å². The van der Waals surface area contributed by atoms with E-state index in [0.29, 0.717) is 5.56 Å². The van der Waals surface area contributed by atoms with Gasteiger partial charge in [0.25, 0.3) is 0 Å². The molecule has 0 saturated carbocycles. The van der Waals surface area contributed by atoms with Gasteiger partial charge in [-0.1, -0.05) is 42.5 Å². The van der Waals surface area contributed by atoms with Gasteiger partial charge in [-0.2, -0.15) is 13.2 Å². The number of halogens is 3. The molecule has 0 bridgehead atoms. The lowest BCUT2D eigenvalue weighted by Crippen LogP contribution is -2.31. The summed E-state index contributed by atoms with van der Waals surface area (Å²) < 4.78 is 38.0. The Morgan fingerprint density at radius 3 is 2.52 bits per heavy atom. The second-order valence-electron chi connectivity index (χ2n) is 5.89. The summed E-state index contributed by atoms with van der Waals surface area (Å²) in [5.41, 5.74) is 0.802. The van der Waals surface area contributed by atoms with E-state index in [1.807, 2.05) is 37.3 Å². The van der Waals surface area contributed by atoms with Crippen LogP contribution in [0.4, 0.5) is 13.2 Å². The lowest BCUT2D eigenvalue weighted by molar-refractivity contribution is -0.137. The summed E-state index contributed by atoms with van der Waals surface area (Å²) in [4.78, 5) is 11.9. The molecule has 1 N–H and O–H groups in total.